The molecule has 1 aliphatic rings. The van der Waals surface area contributed by atoms with Gasteiger partial charge in [-0.05, 0) is 63.4 Å². The molecule has 2 amide bonds. The number of thioether (sulfide) groups is 1. The first-order chi connectivity index (χ1) is 15.1. The predicted octanol–water partition coefficient (Wildman–Crippen LogP) is 5.83. The zero-order valence-electron chi connectivity index (χ0n) is 18.3. The van der Waals surface area contributed by atoms with E-state index in [2.05, 4.69) is 5.32 Å². The van der Waals surface area contributed by atoms with Gasteiger partial charge in [0.25, 0.3) is 0 Å². The summed E-state index contributed by atoms with van der Waals surface area (Å²) in [6.07, 6.45) is -2.77. The maximum atomic E-state index is 13.2. The van der Waals surface area contributed by atoms with Crippen molar-refractivity contribution in [2.24, 2.45) is 0 Å². The van der Waals surface area contributed by atoms with Gasteiger partial charge in [-0.25, -0.2) is 0 Å². The molecule has 1 fully saturated rings. The number of hydrogen-bond donors (Lipinski definition) is 1. The van der Waals surface area contributed by atoms with Crippen molar-refractivity contribution in [1.82, 2.24) is 4.90 Å². The summed E-state index contributed by atoms with van der Waals surface area (Å²) in [6, 6.07) is 12.1. The highest BCUT2D eigenvalue weighted by atomic mass is 32.2. The summed E-state index contributed by atoms with van der Waals surface area (Å²) in [7, 11) is 0. The Labute approximate surface area is 190 Å². The molecule has 0 spiro atoms. The summed E-state index contributed by atoms with van der Waals surface area (Å²) < 4.78 is 39.4. The molecule has 0 heterocycles. The van der Waals surface area contributed by atoms with Gasteiger partial charge in [0, 0.05) is 11.7 Å². The van der Waals surface area contributed by atoms with Crippen molar-refractivity contribution in [3.05, 3.63) is 65.2 Å². The monoisotopic (exact) mass is 464 g/mol. The van der Waals surface area contributed by atoms with E-state index in [1.807, 2.05) is 31.2 Å². The average molecular weight is 465 g/mol. The number of benzene rings is 2. The molecule has 4 nitrogen and oxygen atoms in total. The summed E-state index contributed by atoms with van der Waals surface area (Å²) in [5.41, 5.74) is 1.51. The van der Waals surface area contributed by atoms with Gasteiger partial charge in [0.05, 0.1) is 22.6 Å². The van der Waals surface area contributed by atoms with E-state index in [1.165, 1.54) is 17.8 Å². The third kappa shape index (κ3) is 6.28. The van der Waals surface area contributed by atoms with Crippen molar-refractivity contribution < 1.29 is 22.8 Å². The first kappa shape index (κ1) is 24.2. The third-order valence-corrected chi connectivity index (χ3v) is 6.59. The molecule has 1 aliphatic carbocycles. The number of aryl methyl sites for hydroxylation is 1. The number of carbonyl (C=O) groups is 2. The fourth-order valence-corrected chi connectivity index (χ4v) is 4.23. The molecular formula is C24H27F3N2O2S. The minimum Gasteiger partial charge on any atom is -0.332 e. The largest absolute Gasteiger partial charge is 0.416 e. The number of anilines is 1. The molecule has 2 aromatic carbocycles. The number of nitrogens with zero attached hydrogens (tertiary/aromatic N) is 1. The number of nitrogens with one attached hydrogen (secondary N) is 1. The van der Waals surface area contributed by atoms with Gasteiger partial charge >= 0.3 is 6.18 Å². The minimum absolute atomic E-state index is 0.0245. The molecule has 0 saturated heterocycles. The molecule has 32 heavy (non-hydrogen) atoms. The molecule has 172 valence electrons. The molecule has 0 bridgehead atoms. The molecule has 0 aliphatic heterocycles. The van der Waals surface area contributed by atoms with Crippen LogP contribution in [0.15, 0.2) is 48.5 Å². The van der Waals surface area contributed by atoms with E-state index in [-0.39, 0.29) is 23.6 Å². The standard InChI is InChI=1S/C24H27F3N2O2S/c1-15-7-9-20(10-8-15)28-22(30)14-32-17(3)23(31)29(21-11-12-21)16(2)18-5-4-6-19(13-18)24(25,26)27/h4-10,13,16-17,21H,11-12,14H2,1-3H3,(H,28,30). The molecule has 8 heteroatoms. The van der Waals surface area contributed by atoms with E-state index >= 15 is 0 Å². The summed E-state index contributed by atoms with van der Waals surface area (Å²) >= 11 is 1.23. The van der Waals surface area contributed by atoms with Gasteiger partial charge in [0.2, 0.25) is 11.8 Å². The quantitative estimate of drug-likeness (QED) is 0.535. The van der Waals surface area contributed by atoms with Crippen LogP contribution in [0.4, 0.5) is 18.9 Å². The van der Waals surface area contributed by atoms with Gasteiger partial charge < -0.3 is 10.2 Å². The summed E-state index contributed by atoms with van der Waals surface area (Å²) in [5, 5.41) is 2.31. The average Bonchev–Trinajstić information content (AvgIpc) is 3.58. The SMILES string of the molecule is Cc1ccc(NC(=O)CSC(C)C(=O)N(C2CC2)C(C)c2cccc(C(F)(F)F)c2)cc1. The van der Waals surface area contributed by atoms with Gasteiger partial charge in [0.15, 0.2) is 0 Å². The van der Waals surface area contributed by atoms with E-state index in [0.717, 1.165) is 30.5 Å². The van der Waals surface area contributed by atoms with Crippen LogP contribution in [0.25, 0.3) is 0 Å². The van der Waals surface area contributed by atoms with Crippen LogP contribution < -0.4 is 5.32 Å². The first-order valence-electron chi connectivity index (χ1n) is 10.5. The molecule has 0 radical (unpaired) electrons. The number of carbonyl (C=O) groups excluding carboxylic acids is 2. The molecule has 1 saturated carbocycles. The van der Waals surface area contributed by atoms with Crippen LogP contribution in [0, 0.1) is 6.92 Å². The number of amides is 2. The Hall–Kier alpha value is -2.48. The maximum absolute atomic E-state index is 13.2. The van der Waals surface area contributed by atoms with Crippen molar-refractivity contribution in [3.63, 3.8) is 0 Å². The number of halogens is 3. The van der Waals surface area contributed by atoms with Gasteiger partial charge in [-0.1, -0.05) is 29.8 Å². The second-order valence-electron chi connectivity index (χ2n) is 8.14. The lowest BCUT2D eigenvalue weighted by Crippen LogP contribution is -2.40. The molecular weight excluding hydrogens is 437 g/mol. The van der Waals surface area contributed by atoms with Crippen molar-refractivity contribution in [2.75, 3.05) is 11.1 Å². The number of alkyl halides is 3. The highest BCUT2D eigenvalue weighted by Crippen LogP contribution is 2.38. The van der Waals surface area contributed by atoms with E-state index < -0.39 is 23.0 Å². The lowest BCUT2D eigenvalue weighted by molar-refractivity contribution is -0.137. The second-order valence-corrected chi connectivity index (χ2v) is 9.47. The summed E-state index contributed by atoms with van der Waals surface area (Å²) in [5.74, 6) is -0.259. The van der Waals surface area contributed by atoms with E-state index in [1.54, 1.807) is 24.8 Å². The van der Waals surface area contributed by atoms with E-state index in [9.17, 15) is 22.8 Å². The predicted molar refractivity (Wildman–Crippen MR) is 121 cm³/mol. The van der Waals surface area contributed by atoms with Crippen LogP contribution in [-0.2, 0) is 15.8 Å². The molecule has 2 aromatic rings. The Balaban J connectivity index is 1.63. The van der Waals surface area contributed by atoms with Crippen LogP contribution in [0.3, 0.4) is 0 Å². The number of hydrogen-bond acceptors (Lipinski definition) is 3. The molecule has 3 rings (SSSR count). The zero-order valence-corrected chi connectivity index (χ0v) is 19.1. The zero-order chi connectivity index (χ0) is 23.5. The molecule has 0 aromatic heterocycles. The van der Waals surface area contributed by atoms with Crippen LogP contribution in [0.1, 0.15) is 49.4 Å². The minimum atomic E-state index is -4.43. The second kappa shape index (κ2) is 9.98. The highest BCUT2D eigenvalue weighted by molar-refractivity contribution is 8.01. The molecule has 1 N–H and O–H groups in total. The Morgan fingerprint density at radius 3 is 2.38 bits per heavy atom. The third-order valence-electron chi connectivity index (χ3n) is 5.46. The fraction of sp³-hybridized carbons (Fsp3) is 0.417. The first-order valence-corrected chi connectivity index (χ1v) is 11.6. The van der Waals surface area contributed by atoms with Crippen LogP contribution in [-0.4, -0.2) is 33.8 Å². The normalized spacial score (nSPS) is 15.7. The lowest BCUT2D eigenvalue weighted by atomic mass is 10.0. The smallest absolute Gasteiger partial charge is 0.332 e. The maximum Gasteiger partial charge on any atom is 0.416 e. The van der Waals surface area contributed by atoms with Gasteiger partial charge in [-0.2, -0.15) is 13.2 Å². The van der Waals surface area contributed by atoms with Crippen LogP contribution >= 0.6 is 11.8 Å². The summed E-state index contributed by atoms with van der Waals surface area (Å²) in [4.78, 5) is 27.1. The molecule has 2 atom stereocenters. The van der Waals surface area contributed by atoms with E-state index in [4.69, 9.17) is 0 Å². The number of rotatable bonds is 8. The Morgan fingerprint density at radius 1 is 1.12 bits per heavy atom. The summed E-state index contributed by atoms with van der Waals surface area (Å²) in [6.45, 7) is 5.45. The van der Waals surface area contributed by atoms with Crippen molar-refractivity contribution >= 4 is 29.3 Å². The van der Waals surface area contributed by atoms with Gasteiger partial charge in [-0.3, -0.25) is 9.59 Å². The van der Waals surface area contributed by atoms with Crippen LogP contribution in [0.5, 0.6) is 0 Å². The Bertz CT molecular complexity index is 958. The van der Waals surface area contributed by atoms with Gasteiger partial charge in [0.1, 0.15) is 0 Å². The van der Waals surface area contributed by atoms with Crippen molar-refractivity contribution in [3.8, 4) is 0 Å². The van der Waals surface area contributed by atoms with E-state index in [0.29, 0.717) is 11.3 Å². The molecule has 2 unspecified atom stereocenters. The van der Waals surface area contributed by atoms with Crippen molar-refractivity contribution in [1.29, 1.82) is 0 Å². The highest BCUT2D eigenvalue weighted by Gasteiger charge is 2.39. The van der Waals surface area contributed by atoms with Gasteiger partial charge in [-0.15, -0.1) is 11.8 Å². The van der Waals surface area contributed by atoms with Crippen molar-refractivity contribution in [2.45, 2.75) is 57.1 Å². The lowest BCUT2D eigenvalue weighted by Gasteiger charge is -2.32. The van der Waals surface area contributed by atoms with Crippen LogP contribution in [0.2, 0.25) is 0 Å². The Morgan fingerprint density at radius 2 is 1.78 bits per heavy atom. The Kier molecular flexibility index (Phi) is 7.54. The fourth-order valence-electron chi connectivity index (χ4n) is 3.49. The topological polar surface area (TPSA) is 49.4 Å².